The van der Waals surface area contributed by atoms with E-state index in [-0.39, 0.29) is 94.9 Å². The SMILES string of the molecule is O=C(O)CC[C@H](NC(=O)CC[C@H](CC(=O)COCCOCCNC(=O)CBr)C(=O)O)C(=O)N(CCNC(=O)CCl)CCNC(=O)CCl. The van der Waals surface area contributed by atoms with Gasteiger partial charge in [0.05, 0.1) is 31.1 Å². The van der Waals surface area contributed by atoms with Gasteiger partial charge in [0.1, 0.15) is 24.4 Å². The summed E-state index contributed by atoms with van der Waals surface area (Å²) in [4.78, 5) is 96.8. The number of ether oxygens (including phenoxy) is 2. The second-order valence-corrected chi connectivity index (χ2v) is 10.9. The van der Waals surface area contributed by atoms with Gasteiger partial charge < -0.3 is 45.9 Å². The maximum Gasteiger partial charge on any atom is 0.306 e. The van der Waals surface area contributed by atoms with Gasteiger partial charge in [-0.1, -0.05) is 15.9 Å². The van der Waals surface area contributed by atoms with Crippen molar-refractivity contribution >= 4 is 86.4 Å². The summed E-state index contributed by atoms with van der Waals surface area (Å²) in [5.74, 6) is -7.57. The average molecular weight is 779 g/mol. The van der Waals surface area contributed by atoms with E-state index >= 15 is 0 Å². The van der Waals surface area contributed by atoms with Crippen LogP contribution in [-0.2, 0) is 47.8 Å². The number of alkyl halides is 3. The minimum Gasteiger partial charge on any atom is -0.481 e. The highest BCUT2D eigenvalue weighted by atomic mass is 79.9. The number of aliphatic carboxylic acids is 2. The van der Waals surface area contributed by atoms with Crippen molar-refractivity contribution in [2.45, 2.75) is 38.1 Å². The Bertz CT molecular complexity index is 1030. The summed E-state index contributed by atoms with van der Waals surface area (Å²) >= 11 is 13.9. The fourth-order valence-corrected chi connectivity index (χ4v) is 4.15. The predicted octanol–water partition coefficient (Wildman–Crippen LogP) is -1.14. The third kappa shape index (κ3) is 23.0. The number of amides is 5. The zero-order valence-corrected chi connectivity index (χ0v) is 28.8. The van der Waals surface area contributed by atoms with Gasteiger partial charge in [-0.2, -0.15) is 0 Å². The number of carboxylic acid groups (broad SMARTS) is 2. The molecule has 268 valence electrons. The van der Waals surface area contributed by atoms with Gasteiger partial charge in [-0.25, -0.2) is 0 Å². The number of Topliss-reactive ketones (excluding diaryl/α,β-unsaturated/α-hetero) is 1. The van der Waals surface area contributed by atoms with Crippen LogP contribution in [0.25, 0.3) is 0 Å². The fraction of sp³-hybridized carbons (Fsp3) is 0.704. The highest BCUT2D eigenvalue weighted by Crippen LogP contribution is 2.14. The first-order valence-electron chi connectivity index (χ1n) is 14.5. The van der Waals surface area contributed by atoms with Crippen LogP contribution in [0.1, 0.15) is 32.1 Å². The first-order valence-corrected chi connectivity index (χ1v) is 16.7. The lowest BCUT2D eigenvalue weighted by atomic mass is 9.97. The first-order chi connectivity index (χ1) is 22.3. The van der Waals surface area contributed by atoms with Gasteiger partial charge in [-0.3, -0.25) is 38.4 Å². The van der Waals surface area contributed by atoms with Crippen LogP contribution >= 0.6 is 39.1 Å². The molecule has 0 saturated carbocycles. The van der Waals surface area contributed by atoms with Crippen molar-refractivity contribution in [3.63, 3.8) is 0 Å². The van der Waals surface area contributed by atoms with Gasteiger partial charge in [-0.15, -0.1) is 23.2 Å². The zero-order chi connectivity index (χ0) is 35.6. The van der Waals surface area contributed by atoms with Crippen LogP contribution in [0.15, 0.2) is 0 Å². The predicted molar refractivity (Wildman–Crippen MR) is 171 cm³/mol. The Morgan fingerprint density at radius 3 is 1.83 bits per heavy atom. The first kappa shape index (κ1) is 43.9. The number of carboxylic acids is 2. The largest absolute Gasteiger partial charge is 0.481 e. The molecule has 0 aliphatic carbocycles. The summed E-state index contributed by atoms with van der Waals surface area (Å²) in [5, 5.41) is 28.9. The quantitative estimate of drug-likeness (QED) is 0.0408. The van der Waals surface area contributed by atoms with E-state index in [0.717, 1.165) is 0 Å². The van der Waals surface area contributed by atoms with Gasteiger partial charge in [0.2, 0.25) is 29.5 Å². The number of halogens is 3. The van der Waals surface area contributed by atoms with Gasteiger partial charge in [0.25, 0.3) is 0 Å². The summed E-state index contributed by atoms with van der Waals surface area (Å²) in [7, 11) is 0. The molecule has 20 heteroatoms. The lowest BCUT2D eigenvalue weighted by molar-refractivity contribution is -0.145. The Balaban J connectivity index is 5.09. The van der Waals surface area contributed by atoms with Gasteiger partial charge in [-0.05, 0) is 12.8 Å². The average Bonchev–Trinajstić information content (AvgIpc) is 3.04. The molecule has 0 rings (SSSR count). The van der Waals surface area contributed by atoms with E-state index in [4.69, 9.17) is 37.8 Å². The lowest BCUT2D eigenvalue weighted by Crippen LogP contribution is -2.52. The van der Waals surface area contributed by atoms with Crippen LogP contribution in [0.4, 0.5) is 0 Å². The summed E-state index contributed by atoms with van der Waals surface area (Å²) in [5.41, 5.74) is 0. The normalized spacial score (nSPS) is 11.9. The highest BCUT2D eigenvalue weighted by Gasteiger charge is 2.28. The van der Waals surface area contributed by atoms with Gasteiger partial charge in [0, 0.05) is 52.0 Å². The monoisotopic (exact) mass is 777 g/mol. The number of hydrogen-bond donors (Lipinski definition) is 6. The van der Waals surface area contributed by atoms with Crippen molar-refractivity contribution in [1.82, 2.24) is 26.2 Å². The number of hydrogen-bond acceptors (Lipinski definition) is 10. The molecule has 0 bridgehead atoms. The molecule has 0 fully saturated rings. The van der Waals surface area contributed by atoms with Crippen LogP contribution in [0.2, 0.25) is 0 Å². The summed E-state index contributed by atoms with van der Waals surface area (Å²) in [6.45, 7) is 0.175. The topological polar surface area (TPSA) is 247 Å². The molecule has 0 saturated heterocycles. The number of nitrogens with one attached hydrogen (secondary N) is 4. The number of carbonyl (C=O) groups is 8. The lowest BCUT2D eigenvalue weighted by Gasteiger charge is -2.28. The standard InChI is InChI=1S/C27H42BrCl2N5O12/c28-14-22(38)33-7-10-46-11-12-47-17-19(36)13-18(27(44)45)1-3-21(37)34-20(2-4-25(41)42)26(43)35(8-5-31-23(39)15-29)9-6-32-24(40)16-30/h18,20H,1-17H2,(H,31,39)(H,32,40)(H,33,38)(H,34,37)(H,41,42)(H,44,45)/t18-,20+/m1/s1. The number of ketones is 1. The Morgan fingerprint density at radius 2 is 1.30 bits per heavy atom. The van der Waals surface area contributed by atoms with E-state index < -0.39 is 66.2 Å². The third-order valence-corrected chi connectivity index (χ3v) is 7.11. The van der Waals surface area contributed by atoms with E-state index in [9.17, 15) is 43.5 Å². The molecule has 0 aromatic heterocycles. The molecule has 5 amide bonds. The Hall–Kier alpha value is -3.06. The molecule has 0 aromatic rings. The van der Waals surface area contributed by atoms with Crippen molar-refractivity contribution in [3.05, 3.63) is 0 Å². The molecule has 0 aromatic carbocycles. The Morgan fingerprint density at radius 1 is 0.723 bits per heavy atom. The van der Waals surface area contributed by atoms with E-state index in [2.05, 4.69) is 37.2 Å². The smallest absolute Gasteiger partial charge is 0.306 e. The number of carbonyl (C=O) groups excluding carboxylic acids is 6. The second kappa shape index (κ2) is 26.9. The fourth-order valence-electron chi connectivity index (χ4n) is 3.77. The van der Waals surface area contributed by atoms with Crippen LogP contribution in [-0.4, -0.2) is 145 Å². The summed E-state index contributed by atoms with van der Waals surface area (Å²) in [6, 6.07) is -1.33. The van der Waals surface area contributed by atoms with E-state index in [1.54, 1.807) is 0 Å². The minimum absolute atomic E-state index is 0.0251. The van der Waals surface area contributed by atoms with Crippen LogP contribution in [0, 0.1) is 5.92 Å². The number of rotatable bonds is 28. The molecule has 0 spiro atoms. The van der Waals surface area contributed by atoms with Crippen molar-refractivity contribution in [2.75, 3.05) is 76.2 Å². The molecule has 0 radical (unpaired) electrons. The molecule has 0 aliphatic heterocycles. The van der Waals surface area contributed by atoms with Gasteiger partial charge >= 0.3 is 11.9 Å². The zero-order valence-electron chi connectivity index (χ0n) is 25.7. The van der Waals surface area contributed by atoms with Crippen molar-refractivity contribution < 1.29 is 58.0 Å². The summed E-state index contributed by atoms with van der Waals surface area (Å²) in [6.07, 6.45) is -1.85. The maximum atomic E-state index is 13.4. The van der Waals surface area contributed by atoms with Crippen molar-refractivity contribution in [3.8, 4) is 0 Å². The molecular weight excluding hydrogens is 737 g/mol. The number of nitrogens with zero attached hydrogens (tertiary/aromatic N) is 1. The Labute approximate surface area is 290 Å². The molecule has 0 heterocycles. The van der Waals surface area contributed by atoms with Crippen LogP contribution in [0.3, 0.4) is 0 Å². The minimum atomic E-state index is -1.33. The molecule has 47 heavy (non-hydrogen) atoms. The molecule has 0 aliphatic rings. The summed E-state index contributed by atoms with van der Waals surface area (Å²) < 4.78 is 10.4. The molecular formula is C27H42BrCl2N5O12. The van der Waals surface area contributed by atoms with E-state index in [1.165, 1.54) is 4.90 Å². The molecule has 6 N–H and O–H groups in total. The third-order valence-electron chi connectivity index (χ3n) is 6.11. The van der Waals surface area contributed by atoms with E-state index in [1.807, 2.05) is 0 Å². The van der Waals surface area contributed by atoms with E-state index in [0.29, 0.717) is 6.54 Å². The maximum absolute atomic E-state index is 13.4. The van der Waals surface area contributed by atoms with Crippen LogP contribution in [0.5, 0.6) is 0 Å². The second-order valence-electron chi connectivity index (χ2n) is 9.81. The van der Waals surface area contributed by atoms with Crippen molar-refractivity contribution in [1.29, 1.82) is 0 Å². The highest BCUT2D eigenvalue weighted by molar-refractivity contribution is 9.09. The molecule has 2 atom stereocenters. The van der Waals surface area contributed by atoms with Crippen LogP contribution < -0.4 is 21.3 Å². The van der Waals surface area contributed by atoms with Crippen molar-refractivity contribution in [2.24, 2.45) is 5.92 Å². The molecule has 17 nitrogen and oxygen atoms in total. The molecule has 0 unspecified atom stereocenters. The Kier molecular flexibility index (Phi) is 25.2. The van der Waals surface area contributed by atoms with Gasteiger partial charge in [0.15, 0.2) is 5.78 Å².